The fourth-order valence-electron chi connectivity index (χ4n) is 2.35. The highest BCUT2D eigenvalue weighted by Gasteiger charge is 2.31. The molecule has 0 unspecified atom stereocenters. The molecule has 2 aromatic heterocycles. The number of nitrogens with zero attached hydrogens (tertiary/aromatic N) is 4. The number of halogens is 4. The number of amides is 1. The third kappa shape index (κ3) is 5.50. The molecular formula is C17H19F3IN5O. The fourth-order valence-corrected chi connectivity index (χ4v) is 2.88. The molecule has 0 saturated carbocycles. The summed E-state index contributed by atoms with van der Waals surface area (Å²) < 4.78 is 38.4. The molecule has 0 radical (unpaired) electrons. The average Bonchev–Trinajstić information content (AvgIpc) is 2.63. The third-order valence-electron chi connectivity index (χ3n) is 4.00. The van der Waals surface area contributed by atoms with Crippen molar-refractivity contribution in [2.75, 3.05) is 18.9 Å². The Kier molecular flexibility index (Phi) is 6.95. The molecule has 0 aliphatic rings. The smallest absolute Gasteiger partial charge is 0.352 e. The van der Waals surface area contributed by atoms with E-state index in [0.717, 1.165) is 21.7 Å². The monoisotopic (exact) mass is 493 g/mol. The van der Waals surface area contributed by atoms with E-state index in [1.165, 1.54) is 0 Å². The molecule has 0 bridgehead atoms. The Labute approximate surface area is 168 Å². The topological polar surface area (TPSA) is 71.0 Å². The van der Waals surface area contributed by atoms with E-state index in [0.29, 0.717) is 18.7 Å². The van der Waals surface area contributed by atoms with E-state index in [-0.39, 0.29) is 17.9 Å². The summed E-state index contributed by atoms with van der Waals surface area (Å²) >= 11 is 2.06. The molecule has 0 aromatic carbocycles. The van der Waals surface area contributed by atoms with E-state index in [4.69, 9.17) is 0 Å². The molecule has 146 valence electrons. The highest BCUT2D eigenvalue weighted by molar-refractivity contribution is 14.1. The van der Waals surface area contributed by atoms with Crippen molar-refractivity contribution in [3.63, 3.8) is 0 Å². The van der Waals surface area contributed by atoms with Gasteiger partial charge in [-0.1, -0.05) is 6.92 Å². The van der Waals surface area contributed by atoms with Crippen LogP contribution in [-0.4, -0.2) is 45.4 Å². The number of anilines is 1. The number of aryl methyl sites for hydroxylation is 1. The lowest BCUT2D eigenvalue weighted by Gasteiger charge is -2.27. The van der Waals surface area contributed by atoms with Gasteiger partial charge in [0.2, 0.25) is 5.95 Å². The van der Waals surface area contributed by atoms with Crippen LogP contribution < -0.4 is 5.32 Å². The van der Waals surface area contributed by atoms with Crippen LogP contribution in [0.1, 0.15) is 35.1 Å². The Morgan fingerprint density at radius 3 is 2.48 bits per heavy atom. The van der Waals surface area contributed by atoms with E-state index in [2.05, 4.69) is 42.9 Å². The molecule has 6 nitrogen and oxygen atoms in total. The van der Waals surface area contributed by atoms with E-state index in [9.17, 15) is 18.0 Å². The van der Waals surface area contributed by atoms with Crippen LogP contribution in [0.3, 0.4) is 0 Å². The summed E-state index contributed by atoms with van der Waals surface area (Å²) in [6.45, 7) is 4.03. The number of nitrogens with one attached hydrogen (secondary N) is 1. The van der Waals surface area contributed by atoms with Crippen LogP contribution in [0.4, 0.5) is 19.1 Å². The highest BCUT2D eigenvalue weighted by Crippen LogP contribution is 2.28. The lowest BCUT2D eigenvalue weighted by Crippen LogP contribution is -2.41. The molecule has 0 aliphatic carbocycles. The first-order valence-corrected chi connectivity index (χ1v) is 9.24. The predicted molar refractivity (Wildman–Crippen MR) is 103 cm³/mol. The summed E-state index contributed by atoms with van der Waals surface area (Å²) in [6.07, 6.45) is -2.39. The Hall–Kier alpha value is -1.98. The number of hydrogen-bond donors (Lipinski definition) is 1. The largest absolute Gasteiger partial charge is 0.419 e. The molecule has 1 amide bonds. The van der Waals surface area contributed by atoms with E-state index in [1.54, 1.807) is 11.9 Å². The second-order valence-electron chi connectivity index (χ2n) is 5.94. The van der Waals surface area contributed by atoms with E-state index >= 15 is 0 Å². The molecule has 10 heteroatoms. The van der Waals surface area contributed by atoms with Gasteiger partial charge in [0.1, 0.15) is 5.69 Å². The van der Waals surface area contributed by atoms with Crippen molar-refractivity contribution in [2.45, 2.75) is 32.5 Å². The van der Waals surface area contributed by atoms with Crippen molar-refractivity contribution in [2.24, 2.45) is 0 Å². The molecule has 2 rings (SSSR count). The lowest BCUT2D eigenvalue weighted by molar-refractivity contribution is -0.138. The molecular weight excluding hydrogens is 474 g/mol. The fraction of sp³-hybridized carbons (Fsp3) is 0.412. The second-order valence-corrected chi connectivity index (χ2v) is 7.10. The van der Waals surface area contributed by atoms with Gasteiger partial charge in [-0.05, 0) is 48.1 Å². The average molecular weight is 493 g/mol. The number of alkyl halides is 3. The van der Waals surface area contributed by atoms with E-state index in [1.807, 2.05) is 26.0 Å². The van der Waals surface area contributed by atoms with Crippen LogP contribution in [-0.2, 0) is 6.18 Å². The SMILES string of the molecule is CC[C@@H](CNc1ncc(C(F)(F)F)cn1)N(C)C(=O)c1nc(C)ccc1I. The van der Waals surface area contributed by atoms with Crippen LogP contribution in [0.5, 0.6) is 0 Å². The Bertz CT molecular complexity index is 798. The zero-order chi connectivity index (χ0) is 20.2. The summed E-state index contributed by atoms with van der Waals surface area (Å²) in [7, 11) is 1.67. The van der Waals surface area contributed by atoms with Gasteiger partial charge in [0.05, 0.1) is 5.56 Å². The maximum atomic E-state index is 12.8. The van der Waals surface area contributed by atoms with Gasteiger partial charge in [-0.25, -0.2) is 15.0 Å². The Morgan fingerprint density at radius 2 is 1.93 bits per heavy atom. The molecule has 2 aromatic rings. The third-order valence-corrected chi connectivity index (χ3v) is 4.87. The van der Waals surface area contributed by atoms with Gasteiger partial charge >= 0.3 is 6.18 Å². The van der Waals surface area contributed by atoms with Gasteiger partial charge < -0.3 is 10.2 Å². The standard InChI is InChI=1S/C17H19F3IN5O/c1-4-12(9-24-16-22-7-11(8-23-16)17(18,19)20)26(3)15(27)14-13(21)6-5-10(2)25-14/h5-8,12H,4,9H2,1-3H3,(H,22,23,24)/t12-/m0/s1. The van der Waals surface area contributed by atoms with Gasteiger partial charge in [0.15, 0.2) is 0 Å². The van der Waals surface area contributed by atoms with Crippen LogP contribution in [0.2, 0.25) is 0 Å². The van der Waals surface area contributed by atoms with Crippen molar-refractivity contribution < 1.29 is 18.0 Å². The molecule has 1 N–H and O–H groups in total. The van der Waals surface area contributed by atoms with Crippen molar-refractivity contribution in [1.29, 1.82) is 0 Å². The molecule has 0 aliphatic heterocycles. The molecule has 2 heterocycles. The first-order chi connectivity index (χ1) is 12.6. The van der Waals surface area contributed by atoms with Crippen molar-refractivity contribution in [3.8, 4) is 0 Å². The zero-order valence-corrected chi connectivity index (χ0v) is 17.2. The number of rotatable bonds is 6. The molecule has 27 heavy (non-hydrogen) atoms. The minimum atomic E-state index is -4.48. The summed E-state index contributed by atoms with van der Waals surface area (Å²) in [5.74, 6) is -0.143. The quantitative estimate of drug-likeness (QED) is 0.621. The second kappa shape index (κ2) is 8.81. The number of hydrogen-bond acceptors (Lipinski definition) is 5. The predicted octanol–water partition coefficient (Wildman–Crippen LogP) is 3.77. The van der Waals surface area contributed by atoms with Gasteiger partial charge in [0, 0.05) is 41.3 Å². The number of aromatic nitrogens is 3. The number of pyridine rings is 1. The maximum Gasteiger partial charge on any atom is 0.419 e. The Balaban J connectivity index is 2.05. The van der Waals surface area contributed by atoms with Gasteiger partial charge in [0.25, 0.3) is 5.91 Å². The van der Waals surface area contributed by atoms with E-state index < -0.39 is 11.7 Å². The lowest BCUT2D eigenvalue weighted by atomic mass is 10.1. The summed E-state index contributed by atoms with van der Waals surface area (Å²) in [5, 5.41) is 2.88. The van der Waals surface area contributed by atoms with Crippen LogP contribution in [0.25, 0.3) is 0 Å². The van der Waals surface area contributed by atoms with Gasteiger partial charge in [-0.15, -0.1) is 0 Å². The molecule has 0 spiro atoms. The first-order valence-electron chi connectivity index (χ1n) is 8.17. The zero-order valence-electron chi connectivity index (χ0n) is 15.0. The normalized spacial score (nSPS) is 12.6. The van der Waals surface area contributed by atoms with Crippen molar-refractivity contribution in [3.05, 3.63) is 45.0 Å². The van der Waals surface area contributed by atoms with Crippen molar-refractivity contribution in [1.82, 2.24) is 19.9 Å². The highest BCUT2D eigenvalue weighted by atomic mass is 127. The molecule has 1 atom stereocenters. The van der Waals surface area contributed by atoms with Crippen LogP contribution >= 0.6 is 22.6 Å². The minimum absolute atomic E-state index is 0.0746. The molecule has 0 fully saturated rings. The summed E-state index contributed by atoms with van der Waals surface area (Å²) in [5.41, 5.74) is 0.214. The van der Waals surface area contributed by atoms with Crippen LogP contribution in [0, 0.1) is 10.5 Å². The number of likely N-dealkylation sites (N-methyl/N-ethyl adjacent to an activating group) is 1. The molecule has 0 saturated heterocycles. The van der Waals surface area contributed by atoms with Crippen LogP contribution in [0.15, 0.2) is 24.5 Å². The van der Waals surface area contributed by atoms with Gasteiger partial charge in [-0.3, -0.25) is 4.79 Å². The maximum absolute atomic E-state index is 12.8. The number of carbonyl (C=O) groups excluding carboxylic acids is 1. The first kappa shape index (κ1) is 21.3. The Morgan fingerprint density at radius 1 is 1.30 bits per heavy atom. The van der Waals surface area contributed by atoms with Gasteiger partial charge in [-0.2, -0.15) is 13.2 Å². The summed E-state index contributed by atoms with van der Waals surface area (Å²) in [6, 6.07) is 3.46. The number of carbonyl (C=O) groups is 1. The van der Waals surface area contributed by atoms with Crippen molar-refractivity contribution >= 4 is 34.4 Å². The summed E-state index contributed by atoms with van der Waals surface area (Å²) in [4.78, 5) is 26.0. The minimum Gasteiger partial charge on any atom is -0.352 e.